The molecule has 3 aromatic carbocycles. The summed E-state index contributed by atoms with van der Waals surface area (Å²) in [5.74, 6) is -6.03. The third-order valence-electron chi connectivity index (χ3n) is 6.97. The van der Waals surface area contributed by atoms with Gasteiger partial charge in [0.15, 0.2) is 0 Å². The lowest BCUT2D eigenvalue weighted by molar-refractivity contribution is -0.152. The zero-order valence-electron chi connectivity index (χ0n) is 22.0. The number of nitrogens with two attached hydrogens (primary N) is 1. The Kier molecular flexibility index (Phi) is 9.36. The maximum atomic E-state index is 16.4. The van der Waals surface area contributed by atoms with Crippen LogP contribution in [-0.2, 0) is 32.4 Å². The first-order valence-corrected chi connectivity index (χ1v) is 14.4. The molecule has 12 heteroatoms. The summed E-state index contributed by atoms with van der Waals surface area (Å²) >= 11 is 0. The number of halogens is 2. The highest BCUT2D eigenvalue weighted by atomic mass is 32.2. The van der Waals surface area contributed by atoms with Crippen LogP contribution in [0.15, 0.2) is 89.8 Å². The van der Waals surface area contributed by atoms with E-state index in [1.807, 2.05) is 4.72 Å². The minimum Gasteiger partial charge on any atom is -0.465 e. The molecule has 0 spiro atoms. The van der Waals surface area contributed by atoms with Crippen molar-refractivity contribution in [3.05, 3.63) is 96.1 Å². The van der Waals surface area contributed by atoms with Crippen molar-refractivity contribution in [1.82, 2.24) is 9.62 Å². The first-order valence-electron chi connectivity index (χ1n) is 13.0. The molecular weight excluding hydrogens is 556 g/mol. The van der Waals surface area contributed by atoms with Gasteiger partial charge < -0.3 is 15.6 Å². The summed E-state index contributed by atoms with van der Waals surface area (Å²) in [6, 6.07) is 16.3. The van der Waals surface area contributed by atoms with Crippen molar-refractivity contribution in [3.63, 3.8) is 0 Å². The highest BCUT2D eigenvalue weighted by Crippen LogP contribution is 2.31. The summed E-state index contributed by atoms with van der Waals surface area (Å²) in [4.78, 5) is 26.6. The normalized spacial score (nSPS) is 17.1. The number of rotatable bonds is 12. The van der Waals surface area contributed by atoms with E-state index in [1.54, 1.807) is 48.5 Å². The average molecular weight is 588 g/mol. The molecule has 0 radical (unpaired) electrons. The van der Waals surface area contributed by atoms with Gasteiger partial charge in [0.05, 0.1) is 23.6 Å². The van der Waals surface area contributed by atoms with E-state index < -0.39 is 52.4 Å². The first kappa shape index (κ1) is 30.1. The fraction of sp³-hybridized carbons (Fsp3) is 0.310. The smallest absolute Gasteiger partial charge is 0.408 e. The molecule has 0 aliphatic carbocycles. The number of carboxylic acid groups (broad SMARTS) is 1. The molecule has 1 aliphatic heterocycles. The summed E-state index contributed by atoms with van der Waals surface area (Å²) in [5.41, 5.74) is 6.74. The van der Waals surface area contributed by atoms with Crippen LogP contribution in [0.3, 0.4) is 0 Å². The SMILES string of the molecule is Nc1ccc(S(=O)(=O)NC(Cc2ccccc2)C(F)(F)C(=O)[C@@H](Cc2ccccc2)N(C(=O)O)[C@H]2CCOC2)cc1. The number of ether oxygens (including phenoxy) is 1. The van der Waals surface area contributed by atoms with Crippen LogP contribution in [0.5, 0.6) is 0 Å². The van der Waals surface area contributed by atoms with Crippen LogP contribution in [0.2, 0.25) is 0 Å². The molecule has 3 aromatic rings. The minimum absolute atomic E-state index is 0.0480. The molecule has 0 bridgehead atoms. The summed E-state index contributed by atoms with van der Waals surface area (Å²) in [7, 11) is -4.54. The Morgan fingerprint density at radius 2 is 1.54 bits per heavy atom. The number of ketones is 1. The fourth-order valence-corrected chi connectivity index (χ4v) is 6.07. The summed E-state index contributed by atoms with van der Waals surface area (Å²) < 4.78 is 66.5. The third-order valence-corrected chi connectivity index (χ3v) is 8.45. The molecule has 1 fully saturated rings. The number of carbonyl (C=O) groups is 2. The molecule has 1 aliphatic rings. The van der Waals surface area contributed by atoms with Gasteiger partial charge in [-0.3, -0.25) is 9.69 Å². The van der Waals surface area contributed by atoms with E-state index in [9.17, 15) is 23.1 Å². The van der Waals surface area contributed by atoms with Crippen molar-refractivity contribution in [1.29, 1.82) is 0 Å². The molecule has 1 saturated heterocycles. The number of anilines is 1. The first-order chi connectivity index (χ1) is 19.5. The van der Waals surface area contributed by atoms with Gasteiger partial charge in [0.25, 0.3) is 0 Å². The number of hydrogen-bond donors (Lipinski definition) is 3. The molecule has 0 aromatic heterocycles. The number of hydrogen-bond acceptors (Lipinski definition) is 6. The van der Waals surface area contributed by atoms with Crippen molar-refractivity contribution in [2.24, 2.45) is 0 Å². The number of nitrogen functional groups attached to an aromatic ring is 1. The highest BCUT2D eigenvalue weighted by molar-refractivity contribution is 7.89. The monoisotopic (exact) mass is 587 g/mol. The van der Waals surface area contributed by atoms with Gasteiger partial charge in [-0.2, -0.15) is 8.78 Å². The largest absolute Gasteiger partial charge is 0.465 e. The molecule has 4 N–H and O–H groups in total. The van der Waals surface area contributed by atoms with E-state index in [4.69, 9.17) is 10.5 Å². The lowest BCUT2D eigenvalue weighted by atomic mass is 9.90. The molecule has 0 saturated carbocycles. The Morgan fingerprint density at radius 3 is 2.05 bits per heavy atom. The van der Waals surface area contributed by atoms with E-state index in [0.717, 1.165) is 4.90 Å². The van der Waals surface area contributed by atoms with Crippen LogP contribution in [0.4, 0.5) is 19.3 Å². The zero-order chi connectivity index (χ0) is 29.6. The van der Waals surface area contributed by atoms with Crippen LogP contribution in [0.1, 0.15) is 17.5 Å². The summed E-state index contributed by atoms with van der Waals surface area (Å²) in [6.07, 6.45) is -2.19. The Hall–Kier alpha value is -3.87. The molecule has 9 nitrogen and oxygen atoms in total. The van der Waals surface area contributed by atoms with Crippen molar-refractivity contribution in [2.75, 3.05) is 18.9 Å². The quantitative estimate of drug-likeness (QED) is 0.274. The number of benzene rings is 3. The lowest BCUT2D eigenvalue weighted by Gasteiger charge is -2.36. The zero-order valence-corrected chi connectivity index (χ0v) is 22.8. The molecule has 41 heavy (non-hydrogen) atoms. The topological polar surface area (TPSA) is 139 Å². The second-order valence-electron chi connectivity index (χ2n) is 9.83. The van der Waals surface area contributed by atoms with Gasteiger partial charge in [-0.25, -0.2) is 17.9 Å². The fourth-order valence-electron chi connectivity index (χ4n) is 4.83. The van der Waals surface area contributed by atoms with Gasteiger partial charge in [-0.15, -0.1) is 0 Å². The predicted molar refractivity (Wildman–Crippen MR) is 148 cm³/mol. The number of alkyl halides is 2. The van der Waals surface area contributed by atoms with Crippen LogP contribution < -0.4 is 10.5 Å². The summed E-state index contributed by atoms with van der Waals surface area (Å²) in [6.45, 7) is 0.169. The number of Topliss-reactive ketones (excluding diaryl/α,β-unsaturated/α-hetero) is 1. The van der Waals surface area contributed by atoms with E-state index in [1.165, 1.54) is 36.4 Å². The van der Waals surface area contributed by atoms with Gasteiger partial charge in [0, 0.05) is 18.7 Å². The number of nitrogens with one attached hydrogen (secondary N) is 1. The summed E-state index contributed by atoms with van der Waals surface area (Å²) in [5, 5.41) is 10.1. The molecule has 1 heterocycles. The minimum atomic E-state index is -4.54. The van der Waals surface area contributed by atoms with Crippen LogP contribution in [-0.4, -0.2) is 67.6 Å². The Labute approximate surface area is 237 Å². The Bertz CT molecular complexity index is 1430. The molecular formula is C29H31F2N3O6S. The van der Waals surface area contributed by atoms with E-state index in [-0.39, 0.29) is 36.6 Å². The third kappa shape index (κ3) is 7.26. The highest BCUT2D eigenvalue weighted by Gasteiger charge is 2.54. The number of carbonyl (C=O) groups excluding carboxylic acids is 1. The Morgan fingerprint density at radius 1 is 0.976 bits per heavy atom. The van der Waals surface area contributed by atoms with Gasteiger partial charge in [0.1, 0.15) is 6.04 Å². The maximum absolute atomic E-state index is 16.4. The van der Waals surface area contributed by atoms with E-state index >= 15 is 8.78 Å². The second kappa shape index (κ2) is 12.8. The average Bonchev–Trinajstić information content (AvgIpc) is 3.47. The molecule has 3 atom stereocenters. The molecule has 218 valence electrons. The van der Waals surface area contributed by atoms with Gasteiger partial charge in [0.2, 0.25) is 15.8 Å². The van der Waals surface area contributed by atoms with Crippen molar-refractivity contribution < 1.29 is 36.6 Å². The maximum Gasteiger partial charge on any atom is 0.408 e. The van der Waals surface area contributed by atoms with Gasteiger partial charge >= 0.3 is 12.0 Å². The van der Waals surface area contributed by atoms with Crippen molar-refractivity contribution in [2.45, 2.75) is 48.2 Å². The Balaban J connectivity index is 1.75. The van der Waals surface area contributed by atoms with Crippen molar-refractivity contribution >= 4 is 27.6 Å². The number of sulfonamides is 1. The van der Waals surface area contributed by atoms with Gasteiger partial charge in [-0.1, -0.05) is 60.7 Å². The number of nitrogens with zero attached hydrogens (tertiary/aromatic N) is 1. The lowest BCUT2D eigenvalue weighted by Crippen LogP contribution is -2.61. The van der Waals surface area contributed by atoms with Crippen LogP contribution in [0, 0.1) is 0 Å². The second-order valence-corrected chi connectivity index (χ2v) is 11.5. The number of amides is 1. The molecule has 1 unspecified atom stereocenters. The predicted octanol–water partition coefficient (Wildman–Crippen LogP) is 3.74. The van der Waals surface area contributed by atoms with Crippen LogP contribution in [0.25, 0.3) is 0 Å². The van der Waals surface area contributed by atoms with Crippen molar-refractivity contribution in [3.8, 4) is 0 Å². The molecule has 1 amide bonds. The molecule has 4 rings (SSSR count). The standard InChI is InChI=1S/C29H31F2N3O6S/c30-29(31,26(18-21-9-5-2-6-10-21)33-41(38,39)24-13-11-22(32)12-14-24)27(35)25(17-20-7-3-1-4-8-20)34(28(36)37)23-15-16-40-19-23/h1-14,23,25-26,33H,15-19,32H2,(H,36,37)/t23-,25+,26?/m0/s1. The van der Waals surface area contributed by atoms with Gasteiger partial charge in [-0.05, 0) is 48.2 Å². The van der Waals surface area contributed by atoms with Crippen LogP contribution >= 0.6 is 0 Å². The van der Waals surface area contributed by atoms with E-state index in [2.05, 4.69) is 0 Å². The van der Waals surface area contributed by atoms with E-state index in [0.29, 0.717) is 11.1 Å².